The normalized spacial score (nSPS) is 17.0. The molecule has 1 saturated heterocycles. The van der Waals surface area contributed by atoms with Crippen molar-refractivity contribution in [1.29, 1.82) is 0 Å². The molecule has 0 unspecified atom stereocenters. The van der Waals surface area contributed by atoms with Gasteiger partial charge < -0.3 is 9.47 Å². The first kappa shape index (κ1) is 18.1. The highest BCUT2D eigenvalue weighted by molar-refractivity contribution is 7.99. The first-order chi connectivity index (χ1) is 13.3. The maximum atomic E-state index is 5.87. The molecule has 2 heterocycles. The van der Waals surface area contributed by atoms with Crippen molar-refractivity contribution < 1.29 is 9.47 Å². The molecule has 0 aliphatic carbocycles. The van der Waals surface area contributed by atoms with E-state index in [0.29, 0.717) is 6.10 Å². The Kier molecular flexibility index (Phi) is 5.75. The maximum Gasteiger partial charge on any atom is 0.196 e. The molecule has 0 amide bonds. The van der Waals surface area contributed by atoms with Gasteiger partial charge in [0, 0.05) is 23.6 Å². The summed E-state index contributed by atoms with van der Waals surface area (Å²) >= 11 is 1.71. The molecule has 2 aromatic carbocycles. The van der Waals surface area contributed by atoms with Crippen molar-refractivity contribution in [3.05, 3.63) is 54.6 Å². The molecule has 0 N–H and O–H groups in total. The van der Waals surface area contributed by atoms with Crippen molar-refractivity contribution in [1.82, 2.24) is 14.8 Å². The molecule has 1 aliphatic rings. The molecule has 0 bridgehead atoms. The fourth-order valence-corrected chi connectivity index (χ4v) is 4.25. The van der Waals surface area contributed by atoms with E-state index >= 15 is 0 Å². The van der Waals surface area contributed by atoms with E-state index in [1.807, 2.05) is 42.5 Å². The summed E-state index contributed by atoms with van der Waals surface area (Å²) in [5, 5.41) is 9.87. The zero-order chi connectivity index (χ0) is 18.5. The molecule has 1 atom stereocenters. The number of hydrogen-bond donors (Lipinski definition) is 0. The molecule has 1 aromatic heterocycles. The fourth-order valence-electron chi connectivity index (χ4n) is 3.23. The van der Waals surface area contributed by atoms with Gasteiger partial charge in [-0.1, -0.05) is 42.1 Å². The largest absolute Gasteiger partial charge is 0.497 e. The number of para-hydroxylation sites is 1. The van der Waals surface area contributed by atoms with Gasteiger partial charge in [-0.05, 0) is 43.5 Å². The predicted octanol–water partition coefficient (Wildman–Crippen LogP) is 4.60. The summed E-state index contributed by atoms with van der Waals surface area (Å²) in [6, 6.07) is 18.2. The second-order valence-corrected chi connectivity index (χ2v) is 7.50. The molecule has 1 aliphatic heterocycles. The molecule has 1 fully saturated rings. The Bertz CT molecular complexity index is 876. The topological polar surface area (TPSA) is 49.2 Å². The third-order valence-electron chi connectivity index (χ3n) is 4.65. The molecule has 0 radical (unpaired) electrons. The number of ether oxygens (including phenoxy) is 2. The predicted molar refractivity (Wildman–Crippen MR) is 108 cm³/mol. The molecule has 140 valence electrons. The van der Waals surface area contributed by atoms with Crippen LogP contribution in [0.25, 0.3) is 17.1 Å². The van der Waals surface area contributed by atoms with Crippen LogP contribution in [0.5, 0.6) is 5.75 Å². The number of thioether (sulfide) groups is 1. The highest BCUT2D eigenvalue weighted by Crippen LogP contribution is 2.30. The summed E-state index contributed by atoms with van der Waals surface area (Å²) in [4.78, 5) is 0. The lowest BCUT2D eigenvalue weighted by molar-refractivity contribution is 0.0315. The van der Waals surface area contributed by atoms with Gasteiger partial charge in [-0.3, -0.25) is 4.57 Å². The Morgan fingerprint density at radius 1 is 1.11 bits per heavy atom. The molecular formula is C21H23N3O2S. The van der Waals surface area contributed by atoms with Gasteiger partial charge in [0.25, 0.3) is 0 Å². The number of hydrogen-bond acceptors (Lipinski definition) is 5. The van der Waals surface area contributed by atoms with E-state index in [0.717, 1.165) is 46.8 Å². The van der Waals surface area contributed by atoms with E-state index in [4.69, 9.17) is 9.47 Å². The van der Waals surface area contributed by atoms with Crippen LogP contribution in [0.15, 0.2) is 59.8 Å². The van der Waals surface area contributed by atoms with Crippen molar-refractivity contribution in [2.24, 2.45) is 0 Å². The lowest BCUT2D eigenvalue weighted by atomic mass is 10.1. The van der Waals surface area contributed by atoms with Crippen molar-refractivity contribution in [3.63, 3.8) is 0 Å². The summed E-state index contributed by atoms with van der Waals surface area (Å²) in [5.74, 6) is 2.51. The van der Waals surface area contributed by atoms with Crippen LogP contribution in [0, 0.1) is 0 Å². The first-order valence-corrected chi connectivity index (χ1v) is 10.2. The van der Waals surface area contributed by atoms with E-state index < -0.39 is 0 Å². The lowest BCUT2D eigenvalue weighted by Gasteiger charge is -2.22. The molecule has 5 nitrogen and oxygen atoms in total. The Morgan fingerprint density at radius 3 is 2.78 bits per heavy atom. The maximum absolute atomic E-state index is 5.87. The second kappa shape index (κ2) is 8.59. The Morgan fingerprint density at radius 2 is 2.00 bits per heavy atom. The van der Waals surface area contributed by atoms with E-state index in [9.17, 15) is 0 Å². The van der Waals surface area contributed by atoms with Crippen LogP contribution >= 0.6 is 11.8 Å². The molecule has 4 rings (SSSR count). The van der Waals surface area contributed by atoms with Crippen LogP contribution in [0.4, 0.5) is 0 Å². The van der Waals surface area contributed by atoms with Gasteiger partial charge in [-0.2, -0.15) is 0 Å². The smallest absolute Gasteiger partial charge is 0.196 e. The van der Waals surface area contributed by atoms with Crippen molar-refractivity contribution in [2.45, 2.75) is 30.5 Å². The van der Waals surface area contributed by atoms with Crippen LogP contribution in [-0.4, -0.2) is 40.3 Å². The number of rotatable bonds is 6. The van der Waals surface area contributed by atoms with Gasteiger partial charge in [0.1, 0.15) is 5.75 Å². The number of aromatic nitrogens is 3. The van der Waals surface area contributed by atoms with Crippen LogP contribution in [0.1, 0.15) is 19.3 Å². The van der Waals surface area contributed by atoms with E-state index in [1.54, 1.807) is 18.9 Å². The molecule has 3 aromatic rings. The van der Waals surface area contributed by atoms with E-state index in [2.05, 4.69) is 26.9 Å². The summed E-state index contributed by atoms with van der Waals surface area (Å²) in [6.07, 6.45) is 3.83. The van der Waals surface area contributed by atoms with Gasteiger partial charge >= 0.3 is 0 Å². The molecular weight excluding hydrogens is 358 g/mol. The van der Waals surface area contributed by atoms with Gasteiger partial charge in [0.2, 0.25) is 0 Å². The summed E-state index contributed by atoms with van der Waals surface area (Å²) in [6.45, 7) is 0.867. The summed E-state index contributed by atoms with van der Waals surface area (Å²) in [5.41, 5.74) is 2.03. The Hall–Kier alpha value is -2.31. The average molecular weight is 382 g/mol. The minimum absolute atomic E-state index is 0.296. The number of nitrogens with zero attached hydrogens (tertiary/aromatic N) is 3. The SMILES string of the molecule is COc1cccc(-c2nnc(SC[C@@H]3CCCCO3)n2-c2ccccc2)c1. The highest BCUT2D eigenvalue weighted by atomic mass is 32.2. The van der Waals surface area contributed by atoms with Crippen molar-refractivity contribution in [2.75, 3.05) is 19.5 Å². The standard InChI is InChI=1S/C21H23N3O2S/c1-25-18-12-7-8-16(14-18)20-22-23-21(24(20)17-9-3-2-4-10-17)27-15-19-11-5-6-13-26-19/h2-4,7-10,12,14,19H,5-6,11,13,15H2,1H3/t19-/m0/s1. The molecule has 6 heteroatoms. The number of benzene rings is 2. The first-order valence-electron chi connectivity index (χ1n) is 9.25. The third kappa shape index (κ3) is 4.17. The highest BCUT2D eigenvalue weighted by Gasteiger charge is 2.19. The van der Waals surface area contributed by atoms with Crippen molar-refractivity contribution >= 4 is 11.8 Å². The monoisotopic (exact) mass is 381 g/mol. The van der Waals surface area contributed by atoms with Crippen LogP contribution in [-0.2, 0) is 4.74 Å². The van der Waals surface area contributed by atoms with Crippen LogP contribution in [0.3, 0.4) is 0 Å². The van der Waals surface area contributed by atoms with Crippen LogP contribution in [0.2, 0.25) is 0 Å². The number of methoxy groups -OCH3 is 1. The summed E-state index contributed by atoms with van der Waals surface area (Å²) < 4.78 is 13.4. The second-order valence-electron chi connectivity index (χ2n) is 6.51. The van der Waals surface area contributed by atoms with E-state index in [1.165, 1.54) is 12.8 Å². The minimum Gasteiger partial charge on any atom is -0.497 e. The average Bonchev–Trinajstić information content (AvgIpc) is 3.17. The molecule has 0 spiro atoms. The zero-order valence-electron chi connectivity index (χ0n) is 15.4. The quantitative estimate of drug-likeness (QED) is 0.584. The molecule has 0 saturated carbocycles. The van der Waals surface area contributed by atoms with Gasteiger partial charge in [-0.25, -0.2) is 0 Å². The lowest BCUT2D eigenvalue weighted by Crippen LogP contribution is -2.21. The van der Waals surface area contributed by atoms with Gasteiger partial charge in [0.15, 0.2) is 11.0 Å². The van der Waals surface area contributed by atoms with Gasteiger partial charge in [-0.15, -0.1) is 10.2 Å². The Labute approximate surface area is 163 Å². The summed E-state index contributed by atoms with van der Waals surface area (Å²) in [7, 11) is 1.67. The third-order valence-corrected chi connectivity index (χ3v) is 5.71. The van der Waals surface area contributed by atoms with E-state index in [-0.39, 0.29) is 0 Å². The van der Waals surface area contributed by atoms with Crippen molar-refractivity contribution in [3.8, 4) is 22.8 Å². The fraction of sp³-hybridized carbons (Fsp3) is 0.333. The van der Waals surface area contributed by atoms with Gasteiger partial charge in [0.05, 0.1) is 13.2 Å². The molecule has 27 heavy (non-hydrogen) atoms. The Balaban J connectivity index is 1.68. The minimum atomic E-state index is 0.296. The zero-order valence-corrected chi connectivity index (χ0v) is 16.2. The van der Waals surface area contributed by atoms with Crippen LogP contribution < -0.4 is 4.74 Å².